The Labute approximate surface area is 120 Å². The number of carbonyl (C=O) groups is 1. The Morgan fingerprint density at radius 3 is 2.40 bits per heavy atom. The summed E-state index contributed by atoms with van der Waals surface area (Å²) in [4.78, 5) is 12.3. The highest BCUT2D eigenvalue weighted by Gasteiger charge is 2.17. The fourth-order valence-corrected chi connectivity index (χ4v) is 2.11. The molecule has 0 aliphatic rings. The maximum atomic E-state index is 12.3. The highest BCUT2D eigenvalue weighted by atomic mass is 16.5. The Balaban J connectivity index is 2.13. The number of ketones is 1. The molecule has 0 heterocycles. The van der Waals surface area contributed by atoms with Crippen LogP contribution in [0.2, 0.25) is 0 Å². The zero-order chi connectivity index (χ0) is 14.5. The van der Waals surface area contributed by atoms with Crippen LogP contribution < -0.4 is 4.74 Å². The van der Waals surface area contributed by atoms with E-state index in [0.29, 0.717) is 5.56 Å². The Bertz CT molecular complexity index is 585. The second-order valence-electron chi connectivity index (χ2n) is 4.95. The number of aryl methyl sites for hydroxylation is 2. The highest BCUT2D eigenvalue weighted by Crippen LogP contribution is 2.21. The van der Waals surface area contributed by atoms with Crippen LogP contribution in [-0.2, 0) is 6.42 Å². The van der Waals surface area contributed by atoms with Crippen molar-refractivity contribution < 1.29 is 9.53 Å². The fourth-order valence-electron chi connectivity index (χ4n) is 2.11. The molecule has 2 heteroatoms. The maximum Gasteiger partial charge on any atom is 0.202 e. The van der Waals surface area contributed by atoms with Gasteiger partial charge in [0.25, 0.3) is 0 Å². The van der Waals surface area contributed by atoms with Crippen LogP contribution in [0.3, 0.4) is 0 Å². The van der Waals surface area contributed by atoms with Crippen LogP contribution in [0.25, 0.3) is 0 Å². The number of carbonyl (C=O) groups excluding carboxylic acids is 1. The van der Waals surface area contributed by atoms with Gasteiger partial charge in [-0.25, -0.2) is 0 Å². The lowest BCUT2D eigenvalue weighted by molar-refractivity contribution is 0.0817. The van der Waals surface area contributed by atoms with E-state index < -0.39 is 6.10 Å². The van der Waals surface area contributed by atoms with Gasteiger partial charge in [-0.05, 0) is 31.9 Å². The van der Waals surface area contributed by atoms with Crippen molar-refractivity contribution in [3.63, 3.8) is 0 Å². The second-order valence-corrected chi connectivity index (χ2v) is 4.95. The number of rotatable bonds is 5. The van der Waals surface area contributed by atoms with E-state index in [1.54, 1.807) is 6.92 Å². The van der Waals surface area contributed by atoms with Gasteiger partial charge in [0.1, 0.15) is 5.75 Å². The fraction of sp³-hybridized carbons (Fsp3) is 0.278. The molecule has 20 heavy (non-hydrogen) atoms. The van der Waals surface area contributed by atoms with Crippen LogP contribution in [0.15, 0.2) is 48.5 Å². The third-order valence-electron chi connectivity index (χ3n) is 3.36. The molecule has 2 aromatic rings. The lowest BCUT2D eigenvalue weighted by atomic mass is 10.1. The topological polar surface area (TPSA) is 26.3 Å². The lowest BCUT2D eigenvalue weighted by Crippen LogP contribution is -2.24. The normalized spacial score (nSPS) is 11.9. The third kappa shape index (κ3) is 3.27. The molecule has 2 rings (SSSR count). The predicted octanol–water partition coefficient (Wildman–Crippen LogP) is 4.21. The molecule has 2 aromatic carbocycles. The quantitative estimate of drug-likeness (QED) is 0.759. The summed E-state index contributed by atoms with van der Waals surface area (Å²) in [5.41, 5.74) is 2.96. The van der Waals surface area contributed by atoms with Gasteiger partial charge in [-0.2, -0.15) is 0 Å². The van der Waals surface area contributed by atoms with Gasteiger partial charge >= 0.3 is 0 Å². The monoisotopic (exact) mass is 268 g/mol. The summed E-state index contributed by atoms with van der Waals surface area (Å²) in [6, 6.07) is 15.4. The molecule has 2 nitrogen and oxygen atoms in total. The van der Waals surface area contributed by atoms with Crippen LogP contribution in [0.1, 0.15) is 35.3 Å². The molecule has 0 radical (unpaired) electrons. The van der Waals surface area contributed by atoms with Crippen LogP contribution in [-0.4, -0.2) is 11.9 Å². The molecule has 0 saturated carbocycles. The van der Waals surface area contributed by atoms with Gasteiger partial charge in [0.2, 0.25) is 5.78 Å². The molecule has 0 spiro atoms. The van der Waals surface area contributed by atoms with E-state index in [9.17, 15) is 4.79 Å². The average Bonchev–Trinajstić information content (AvgIpc) is 2.48. The maximum absolute atomic E-state index is 12.3. The average molecular weight is 268 g/mol. The first-order valence-corrected chi connectivity index (χ1v) is 6.97. The Hall–Kier alpha value is -2.09. The van der Waals surface area contributed by atoms with E-state index in [1.165, 1.54) is 0 Å². The number of ether oxygens (including phenoxy) is 1. The van der Waals surface area contributed by atoms with E-state index in [0.717, 1.165) is 23.3 Å². The molecule has 0 bridgehead atoms. The minimum atomic E-state index is -0.481. The Morgan fingerprint density at radius 1 is 1.10 bits per heavy atom. The van der Waals surface area contributed by atoms with Crippen molar-refractivity contribution in [2.45, 2.75) is 33.3 Å². The molecular weight excluding hydrogens is 248 g/mol. The van der Waals surface area contributed by atoms with Gasteiger partial charge in [-0.15, -0.1) is 0 Å². The molecule has 0 saturated heterocycles. The molecule has 0 fully saturated rings. The molecule has 0 aromatic heterocycles. The standard InChI is InChI=1S/C18H20O2/c1-4-15-7-5-6-8-17(15)20-14(3)18(19)16-11-9-13(2)10-12-16/h5-12,14H,4H2,1-3H3. The number of benzene rings is 2. The SMILES string of the molecule is CCc1ccccc1OC(C)C(=O)c1ccc(C)cc1. The van der Waals surface area contributed by atoms with E-state index in [2.05, 4.69) is 6.92 Å². The largest absolute Gasteiger partial charge is 0.482 e. The number of hydrogen-bond donors (Lipinski definition) is 0. The molecule has 0 N–H and O–H groups in total. The highest BCUT2D eigenvalue weighted by molar-refractivity contribution is 5.99. The van der Waals surface area contributed by atoms with E-state index in [1.807, 2.05) is 55.5 Å². The van der Waals surface area contributed by atoms with Gasteiger partial charge in [0.05, 0.1) is 0 Å². The number of hydrogen-bond acceptors (Lipinski definition) is 2. The summed E-state index contributed by atoms with van der Waals surface area (Å²) < 4.78 is 5.83. The summed E-state index contributed by atoms with van der Waals surface area (Å²) in [5.74, 6) is 0.805. The minimum absolute atomic E-state index is 0.0101. The summed E-state index contributed by atoms with van der Waals surface area (Å²) in [5, 5.41) is 0. The van der Waals surface area contributed by atoms with Gasteiger partial charge in [-0.1, -0.05) is 55.0 Å². The van der Waals surface area contributed by atoms with E-state index >= 15 is 0 Å². The van der Waals surface area contributed by atoms with Crippen molar-refractivity contribution in [1.82, 2.24) is 0 Å². The van der Waals surface area contributed by atoms with Crippen molar-refractivity contribution in [2.24, 2.45) is 0 Å². The van der Waals surface area contributed by atoms with Gasteiger partial charge < -0.3 is 4.74 Å². The Morgan fingerprint density at radius 2 is 1.75 bits per heavy atom. The predicted molar refractivity (Wildman–Crippen MR) is 81.4 cm³/mol. The van der Waals surface area contributed by atoms with E-state index in [-0.39, 0.29) is 5.78 Å². The van der Waals surface area contributed by atoms with Gasteiger partial charge in [-0.3, -0.25) is 4.79 Å². The molecule has 0 amide bonds. The summed E-state index contributed by atoms with van der Waals surface area (Å²) in [6.45, 7) is 5.88. The first-order valence-electron chi connectivity index (χ1n) is 6.97. The minimum Gasteiger partial charge on any atom is -0.482 e. The van der Waals surface area contributed by atoms with Crippen LogP contribution in [0.4, 0.5) is 0 Å². The zero-order valence-corrected chi connectivity index (χ0v) is 12.2. The van der Waals surface area contributed by atoms with E-state index in [4.69, 9.17) is 4.74 Å². The van der Waals surface area contributed by atoms with Crippen LogP contribution in [0, 0.1) is 6.92 Å². The summed E-state index contributed by atoms with van der Waals surface area (Å²) in [6.07, 6.45) is 0.409. The Kier molecular flexibility index (Phi) is 4.57. The van der Waals surface area contributed by atoms with Crippen molar-refractivity contribution in [3.8, 4) is 5.75 Å². The number of para-hydroxylation sites is 1. The van der Waals surface area contributed by atoms with Crippen molar-refractivity contribution in [3.05, 3.63) is 65.2 Å². The van der Waals surface area contributed by atoms with Crippen LogP contribution >= 0.6 is 0 Å². The lowest BCUT2D eigenvalue weighted by Gasteiger charge is -2.16. The number of Topliss-reactive ketones (excluding diaryl/α,β-unsaturated/α-hetero) is 1. The smallest absolute Gasteiger partial charge is 0.202 e. The molecule has 0 aliphatic heterocycles. The molecule has 1 atom stereocenters. The molecule has 1 unspecified atom stereocenters. The second kappa shape index (κ2) is 6.38. The third-order valence-corrected chi connectivity index (χ3v) is 3.36. The molecule has 104 valence electrons. The van der Waals surface area contributed by atoms with Crippen molar-refractivity contribution in [1.29, 1.82) is 0 Å². The first kappa shape index (κ1) is 14.3. The molecular formula is C18H20O2. The van der Waals surface area contributed by atoms with Crippen molar-refractivity contribution >= 4 is 5.78 Å². The molecule has 0 aliphatic carbocycles. The van der Waals surface area contributed by atoms with Crippen molar-refractivity contribution in [2.75, 3.05) is 0 Å². The zero-order valence-electron chi connectivity index (χ0n) is 12.2. The summed E-state index contributed by atoms with van der Waals surface area (Å²) >= 11 is 0. The van der Waals surface area contributed by atoms with Gasteiger partial charge in [0, 0.05) is 5.56 Å². The van der Waals surface area contributed by atoms with Gasteiger partial charge in [0.15, 0.2) is 6.10 Å². The summed E-state index contributed by atoms with van der Waals surface area (Å²) in [7, 11) is 0. The van der Waals surface area contributed by atoms with Crippen LogP contribution in [0.5, 0.6) is 5.75 Å². The first-order chi connectivity index (χ1) is 9.61.